The molecule has 1 amide bonds. The van der Waals surface area contributed by atoms with Crippen molar-refractivity contribution in [2.45, 2.75) is 12.2 Å². The maximum Gasteiger partial charge on any atom is 0.443 e. The lowest BCUT2D eigenvalue weighted by Crippen LogP contribution is -2.32. The van der Waals surface area contributed by atoms with Crippen LogP contribution in [0.4, 0.5) is 19.0 Å². The van der Waals surface area contributed by atoms with Gasteiger partial charge in [0.15, 0.2) is 5.01 Å². The van der Waals surface area contributed by atoms with E-state index < -0.39 is 11.2 Å². The first-order chi connectivity index (χ1) is 17.6. The number of anilines is 1. The molecule has 4 heterocycles. The highest BCUT2D eigenvalue weighted by atomic mass is 32.1. The molecule has 0 saturated heterocycles. The first-order valence-corrected chi connectivity index (χ1v) is 12.1. The lowest BCUT2D eigenvalue weighted by Gasteiger charge is -2.24. The topological polar surface area (TPSA) is 99.2 Å². The van der Waals surface area contributed by atoms with E-state index in [9.17, 15) is 18.0 Å². The number of pyridine rings is 1. The number of hydrogen-bond acceptors (Lipinski definition) is 7. The summed E-state index contributed by atoms with van der Waals surface area (Å²) in [4.78, 5) is 23.2. The Kier molecular flexibility index (Phi) is 5.13. The molecule has 0 fully saturated rings. The summed E-state index contributed by atoms with van der Waals surface area (Å²) in [7, 11) is 3.50. The molecule has 8 nitrogen and oxygen atoms in total. The normalized spacial score (nSPS) is 15.2. The Hall–Kier alpha value is -4.19. The van der Waals surface area contributed by atoms with E-state index in [1.54, 1.807) is 66.3 Å². The van der Waals surface area contributed by atoms with Crippen LogP contribution in [0.3, 0.4) is 0 Å². The molecule has 0 aliphatic carbocycles. The van der Waals surface area contributed by atoms with E-state index >= 15 is 0 Å². The van der Waals surface area contributed by atoms with Gasteiger partial charge >= 0.3 is 6.18 Å². The number of nitrogens with zero attached hydrogens (tertiary/aromatic N) is 5. The van der Waals surface area contributed by atoms with Crippen LogP contribution in [0.5, 0.6) is 5.75 Å². The number of halogens is 3. The summed E-state index contributed by atoms with van der Waals surface area (Å²) < 4.78 is 46.4. The molecule has 0 radical (unpaired) electrons. The van der Waals surface area contributed by atoms with Crippen LogP contribution in [0.2, 0.25) is 0 Å². The van der Waals surface area contributed by atoms with Crippen LogP contribution in [-0.2, 0) is 13.2 Å². The molecule has 12 heteroatoms. The van der Waals surface area contributed by atoms with Gasteiger partial charge in [0, 0.05) is 41.6 Å². The average Bonchev–Trinajstić information content (AvgIpc) is 3.61. The van der Waals surface area contributed by atoms with Gasteiger partial charge in [-0.15, -0.1) is 11.3 Å². The Labute approximate surface area is 212 Å². The van der Waals surface area contributed by atoms with Crippen LogP contribution in [0.15, 0.2) is 48.0 Å². The van der Waals surface area contributed by atoms with Crippen LogP contribution in [0.1, 0.15) is 27.0 Å². The van der Waals surface area contributed by atoms with Gasteiger partial charge in [-0.3, -0.25) is 9.48 Å². The Morgan fingerprint density at radius 2 is 2.00 bits per heavy atom. The first kappa shape index (κ1) is 23.2. The Morgan fingerprint density at radius 1 is 1.19 bits per heavy atom. The Morgan fingerprint density at radius 3 is 2.76 bits per heavy atom. The van der Waals surface area contributed by atoms with Gasteiger partial charge < -0.3 is 15.4 Å². The molecular weight excluding hydrogens is 505 g/mol. The van der Waals surface area contributed by atoms with Gasteiger partial charge in [0.2, 0.25) is 0 Å². The minimum atomic E-state index is -4.49. The van der Waals surface area contributed by atoms with Gasteiger partial charge in [-0.2, -0.15) is 18.3 Å². The van der Waals surface area contributed by atoms with Crippen LogP contribution in [0, 0.1) is 0 Å². The average molecular weight is 525 g/mol. The summed E-state index contributed by atoms with van der Waals surface area (Å²) in [6.07, 6.45) is -2.84. The van der Waals surface area contributed by atoms with Crippen molar-refractivity contribution in [3.63, 3.8) is 0 Å². The number of benzene rings is 2. The molecule has 0 unspecified atom stereocenters. The van der Waals surface area contributed by atoms with Gasteiger partial charge in [0.1, 0.15) is 18.2 Å². The van der Waals surface area contributed by atoms with Gasteiger partial charge in [-0.1, -0.05) is 12.1 Å². The van der Waals surface area contributed by atoms with Crippen molar-refractivity contribution in [1.29, 1.82) is 0 Å². The van der Waals surface area contributed by atoms with E-state index in [-0.39, 0.29) is 24.2 Å². The second-order valence-electron chi connectivity index (χ2n) is 8.79. The zero-order valence-electron chi connectivity index (χ0n) is 19.6. The molecule has 0 spiro atoms. The predicted molar refractivity (Wildman–Crippen MR) is 133 cm³/mol. The number of likely N-dealkylation sites (N-methyl/N-ethyl adjacent to an activating group) is 1. The molecule has 2 N–H and O–H groups in total. The molecule has 3 aromatic heterocycles. The van der Waals surface area contributed by atoms with Crippen molar-refractivity contribution in [1.82, 2.24) is 24.6 Å². The van der Waals surface area contributed by atoms with Crippen LogP contribution in [0.25, 0.3) is 33.1 Å². The van der Waals surface area contributed by atoms with E-state index in [1.165, 1.54) is 5.38 Å². The van der Waals surface area contributed by atoms with Gasteiger partial charge in [0.25, 0.3) is 5.91 Å². The number of nitrogens with two attached hydrogens (primary N) is 1. The molecule has 1 atom stereocenters. The molecule has 0 bridgehead atoms. The third kappa shape index (κ3) is 3.75. The van der Waals surface area contributed by atoms with Crippen LogP contribution in [-0.4, -0.2) is 44.2 Å². The fraction of sp³-hybridized carbons (Fsp3) is 0.200. The zero-order valence-corrected chi connectivity index (χ0v) is 20.4. The van der Waals surface area contributed by atoms with E-state index in [4.69, 9.17) is 10.5 Å². The van der Waals surface area contributed by atoms with Crippen molar-refractivity contribution in [2.24, 2.45) is 7.05 Å². The maximum absolute atomic E-state index is 13.5. The summed E-state index contributed by atoms with van der Waals surface area (Å²) in [5.74, 6) is 0.672. The standard InChI is InChI=1S/C25H19F3N6O2S/c1-33(23(35)13-4-6-17-15(7-13)21-16(22(29)31-17)9-30-34(21)2)19-10-36-20-8-12(3-5-14(19)20)18-11-37-24(32-18)25(26,27)28/h3-9,11,19H,10H2,1-2H3,(H2,29,31)/t19-/m1/s1. The monoisotopic (exact) mass is 524 g/mol. The molecule has 5 aromatic rings. The lowest BCUT2D eigenvalue weighted by atomic mass is 10.0. The molecule has 188 valence electrons. The molecule has 6 rings (SSSR count). The summed E-state index contributed by atoms with van der Waals surface area (Å²) in [6, 6.07) is 10.0. The highest BCUT2D eigenvalue weighted by molar-refractivity contribution is 7.10. The molecule has 1 aliphatic heterocycles. The number of ether oxygens (including phenoxy) is 1. The van der Waals surface area contributed by atoms with Crippen LogP contribution >= 0.6 is 11.3 Å². The Balaban J connectivity index is 1.30. The third-order valence-electron chi connectivity index (χ3n) is 6.55. The van der Waals surface area contributed by atoms with E-state index in [0.29, 0.717) is 44.9 Å². The van der Waals surface area contributed by atoms with Crippen molar-refractivity contribution in [2.75, 3.05) is 19.4 Å². The van der Waals surface area contributed by atoms with E-state index in [1.807, 2.05) is 0 Å². The number of rotatable bonds is 3. The highest BCUT2D eigenvalue weighted by Crippen LogP contribution is 2.40. The zero-order chi connectivity index (χ0) is 26.1. The quantitative estimate of drug-likeness (QED) is 0.355. The SMILES string of the molecule is CN(C(=O)c1ccc2nc(N)c3cnn(C)c3c2c1)[C@@H]1COc2cc(-c3csc(C(F)(F)F)n3)ccc21. The third-order valence-corrected chi connectivity index (χ3v) is 7.44. The Bertz CT molecular complexity index is 1710. The molecule has 1 aliphatic rings. The summed E-state index contributed by atoms with van der Waals surface area (Å²) >= 11 is 0.548. The summed E-state index contributed by atoms with van der Waals surface area (Å²) in [5.41, 5.74) is 9.50. The number of thiazole rings is 1. The van der Waals surface area contributed by atoms with E-state index in [0.717, 1.165) is 16.5 Å². The van der Waals surface area contributed by atoms with Crippen molar-refractivity contribution >= 4 is 44.9 Å². The number of amides is 1. The van der Waals surface area contributed by atoms with Gasteiger partial charge in [0.05, 0.1) is 34.4 Å². The molecule has 2 aromatic carbocycles. The number of aryl methyl sites for hydroxylation is 1. The van der Waals surface area contributed by atoms with Crippen LogP contribution < -0.4 is 10.5 Å². The van der Waals surface area contributed by atoms with Crippen molar-refractivity contribution in [3.8, 4) is 17.0 Å². The smallest absolute Gasteiger partial charge is 0.443 e. The van der Waals surface area contributed by atoms with E-state index in [2.05, 4.69) is 15.1 Å². The summed E-state index contributed by atoms with van der Waals surface area (Å²) in [5, 5.41) is 6.22. The predicted octanol–water partition coefficient (Wildman–Crippen LogP) is 5.05. The fourth-order valence-corrected chi connectivity index (χ4v) is 5.34. The van der Waals surface area contributed by atoms with Gasteiger partial charge in [-0.05, 0) is 24.3 Å². The van der Waals surface area contributed by atoms with Crippen molar-refractivity contribution < 1.29 is 22.7 Å². The lowest BCUT2D eigenvalue weighted by molar-refractivity contribution is -0.137. The number of nitrogen functional groups attached to an aromatic ring is 1. The molecular formula is C25H19F3N6O2S. The number of fused-ring (bicyclic) bond motifs is 4. The van der Waals surface area contributed by atoms with Crippen molar-refractivity contribution in [3.05, 3.63) is 64.1 Å². The number of aromatic nitrogens is 4. The maximum atomic E-state index is 13.5. The number of alkyl halides is 3. The number of hydrogen-bond donors (Lipinski definition) is 1. The molecule has 0 saturated carbocycles. The second-order valence-corrected chi connectivity index (χ2v) is 9.65. The number of carbonyl (C=O) groups excluding carboxylic acids is 1. The fourth-order valence-electron chi connectivity index (χ4n) is 4.65. The minimum absolute atomic E-state index is 0.214. The summed E-state index contributed by atoms with van der Waals surface area (Å²) in [6.45, 7) is 0.226. The number of carbonyl (C=O) groups is 1. The highest BCUT2D eigenvalue weighted by Gasteiger charge is 2.35. The second kappa shape index (κ2) is 8.17. The minimum Gasteiger partial charge on any atom is -0.491 e. The largest absolute Gasteiger partial charge is 0.491 e. The first-order valence-electron chi connectivity index (χ1n) is 11.2. The molecule has 37 heavy (non-hydrogen) atoms. The van der Waals surface area contributed by atoms with Gasteiger partial charge in [-0.25, -0.2) is 9.97 Å².